The number of dihydropyridines is 1. The van der Waals surface area contributed by atoms with Crippen LogP contribution in [0.3, 0.4) is 0 Å². The van der Waals surface area contributed by atoms with E-state index in [1.807, 2.05) is 6.08 Å². The second-order valence-electron chi connectivity index (χ2n) is 9.60. The molecule has 3 rings (SSSR count). The van der Waals surface area contributed by atoms with Gasteiger partial charge in [-0.2, -0.15) is 0 Å². The number of hydrogen-bond donors (Lipinski definition) is 1. The summed E-state index contributed by atoms with van der Waals surface area (Å²) in [6, 6.07) is 0. The van der Waals surface area contributed by atoms with Crippen LogP contribution in [0.5, 0.6) is 0 Å². The van der Waals surface area contributed by atoms with Crippen molar-refractivity contribution in [3.63, 3.8) is 0 Å². The summed E-state index contributed by atoms with van der Waals surface area (Å²) in [5.41, 5.74) is 5.24. The van der Waals surface area contributed by atoms with Gasteiger partial charge in [0, 0.05) is 11.4 Å². The number of nitrogens with one attached hydrogen (secondary N) is 1. The molecule has 0 spiro atoms. The van der Waals surface area contributed by atoms with Crippen LogP contribution in [-0.2, 0) is 0 Å². The molecule has 0 amide bonds. The van der Waals surface area contributed by atoms with Crippen molar-refractivity contribution in [3.8, 4) is 0 Å². The monoisotopic (exact) mass is 396 g/mol. The first-order valence-corrected chi connectivity index (χ1v) is 12.6. The van der Waals surface area contributed by atoms with Crippen LogP contribution in [0.4, 0.5) is 0 Å². The van der Waals surface area contributed by atoms with Gasteiger partial charge in [-0.05, 0) is 56.1 Å². The van der Waals surface area contributed by atoms with E-state index in [1.165, 1.54) is 125 Å². The van der Waals surface area contributed by atoms with E-state index in [2.05, 4.69) is 24.9 Å². The lowest BCUT2D eigenvalue weighted by Gasteiger charge is -2.26. The Labute approximate surface area is 180 Å². The zero-order valence-electron chi connectivity index (χ0n) is 19.0. The Morgan fingerprint density at radius 1 is 0.862 bits per heavy atom. The fourth-order valence-corrected chi connectivity index (χ4v) is 5.43. The van der Waals surface area contributed by atoms with Crippen LogP contribution in [-0.4, -0.2) is 12.3 Å². The quantitative estimate of drug-likeness (QED) is 0.480. The largest absolute Gasteiger partial charge is 0.382 e. The van der Waals surface area contributed by atoms with E-state index < -0.39 is 0 Å². The Morgan fingerprint density at radius 3 is 1.93 bits per heavy atom. The maximum Gasteiger partial charge on any atom is 0.0666 e. The van der Waals surface area contributed by atoms with Crippen LogP contribution in [0, 0.1) is 11.8 Å². The van der Waals surface area contributed by atoms with Gasteiger partial charge in [0.1, 0.15) is 0 Å². The van der Waals surface area contributed by atoms with Gasteiger partial charge in [0.05, 0.1) is 12.2 Å². The Hall–Kier alpha value is -1.31. The Kier molecular flexibility index (Phi) is 9.57. The predicted octanol–water partition coefficient (Wildman–Crippen LogP) is 7.88. The number of rotatable bonds is 4. The van der Waals surface area contributed by atoms with Crippen LogP contribution in [0.15, 0.2) is 40.7 Å². The van der Waals surface area contributed by atoms with Crippen molar-refractivity contribution < 1.29 is 0 Å². The van der Waals surface area contributed by atoms with Crippen LogP contribution >= 0.6 is 0 Å². The molecule has 0 atom stereocenters. The molecule has 0 aromatic carbocycles. The average molecular weight is 397 g/mol. The van der Waals surface area contributed by atoms with Crippen molar-refractivity contribution >= 4 is 5.71 Å². The molecule has 2 heteroatoms. The van der Waals surface area contributed by atoms with Crippen molar-refractivity contribution in [2.75, 3.05) is 6.54 Å². The summed E-state index contributed by atoms with van der Waals surface area (Å²) in [6.07, 6.45) is 26.5. The average Bonchev–Trinajstić information content (AvgIpc) is 2.97. The summed E-state index contributed by atoms with van der Waals surface area (Å²) in [7, 11) is 0. The maximum atomic E-state index is 5.16. The summed E-state index contributed by atoms with van der Waals surface area (Å²) < 4.78 is 0. The minimum absolute atomic E-state index is 0.673. The molecule has 0 unspecified atom stereocenters. The van der Waals surface area contributed by atoms with Gasteiger partial charge < -0.3 is 5.32 Å². The molecule has 2 nitrogen and oxygen atoms in total. The zero-order chi connectivity index (χ0) is 20.3. The molecule has 0 radical (unpaired) electrons. The molecule has 29 heavy (non-hydrogen) atoms. The third-order valence-electron chi connectivity index (χ3n) is 7.38. The lowest BCUT2D eigenvalue weighted by molar-refractivity contribution is 0.460. The van der Waals surface area contributed by atoms with Gasteiger partial charge in [-0.3, -0.25) is 4.99 Å². The zero-order valence-corrected chi connectivity index (χ0v) is 19.0. The topological polar surface area (TPSA) is 24.4 Å². The molecule has 2 fully saturated rings. The summed E-state index contributed by atoms with van der Waals surface area (Å²) in [6.45, 7) is 7.26. The first-order valence-electron chi connectivity index (χ1n) is 12.6. The van der Waals surface area contributed by atoms with Crippen molar-refractivity contribution in [2.45, 2.75) is 110 Å². The lowest BCUT2D eigenvalue weighted by Crippen LogP contribution is -2.27. The minimum Gasteiger partial charge on any atom is -0.382 e. The van der Waals surface area contributed by atoms with Crippen LogP contribution in [0.25, 0.3) is 0 Å². The summed E-state index contributed by atoms with van der Waals surface area (Å²) in [4.78, 5) is 5.16. The standard InChI is InChI=1S/C27H44N2/c1-3-23-20-26(25-18-14-10-6-7-11-15-19-25)28-21-27(23)29-22(2)24-16-12-8-4-5-9-13-17-24/h3,20,24-25,28H,1,4-19,21H2,2H3. The normalized spacial score (nSPS) is 24.9. The van der Waals surface area contributed by atoms with Gasteiger partial charge in [-0.25, -0.2) is 0 Å². The first-order chi connectivity index (χ1) is 14.3. The van der Waals surface area contributed by atoms with Crippen LogP contribution in [0.1, 0.15) is 110 Å². The van der Waals surface area contributed by atoms with E-state index >= 15 is 0 Å². The van der Waals surface area contributed by atoms with Crippen molar-refractivity contribution in [1.29, 1.82) is 0 Å². The number of aliphatic imine (C=N–C) groups is 1. The maximum absolute atomic E-state index is 5.16. The van der Waals surface area contributed by atoms with E-state index in [0.717, 1.165) is 6.54 Å². The molecular weight excluding hydrogens is 352 g/mol. The molecule has 162 valence electrons. The van der Waals surface area contributed by atoms with Gasteiger partial charge in [0.2, 0.25) is 0 Å². The smallest absolute Gasteiger partial charge is 0.0666 e. The summed E-state index contributed by atoms with van der Waals surface area (Å²) >= 11 is 0. The highest BCUT2D eigenvalue weighted by molar-refractivity contribution is 5.85. The van der Waals surface area contributed by atoms with Crippen molar-refractivity contribution in [3.05, 3.63) is 35.7 Å². The Morgan fingerprint density at radius 2 is 1.38 bits per heavy atom. The van der Waals surface area contributed by atoms with Crippen molar-refractivity contribution in [2.24, 2.45) is 16.8 Å². The second kappa shape index (κ2) is 12.4. The molecule has 0 aromatic rings. The number of allylic oxidation sites excluding steroid dienone is 4. The molecule has 3 aliphatic rings. The number of nitrogens with zero attached hydrogens (tertiary/aromatic N) is 1. The van der Waals surface area contributed by atoms with E-state index in [4.69, 9.17) is 4.99 Å². The molecule has 1 aliphatic heterocycles. The predicted molar refractivity (Wildman–Crippen MR) is 127 cm³/mol. The molecular formula is C27H44N2. The highest BCUT2D eigenvalue weighted by atomic mass is 14.9. The molecule has 0 saturated heterocycles. The van der Waals surface area contributed by atoms with Crippen LogP contribution in [0.2, 0.25) is 0 Å². The van der Waals surface area contributed by atoms with Gasteiger partial charge in [0.25, 0.3) is 0 Å². The van der Waals surface area contributed by atoms with Gasteiger partial charge in [-0.1, -0.05) is 89.7 Å². The Bertz CT molecular complexity index is 590. The van der Waals surface area contributed by atoms with Gasteiger partial charge in [0.15, 0.2) is 0 Å². The minimum atomic E-state index is 0.673. The summed E-state index contributed by atoms with van der Waals surface area (Å²) in [5, 5.41) is 3.76. The summed E-state index contributed by atoms with van der Waals surface area (Å²) in [5.74, 6) is 1.37. The second-order valence-corrected chi connectivity index (χ2v) is 9.60. The molecule has 0 aromatic heterocycles. The molecule has 0 bridgehead atoms. The fourth-order valence-electron chi connectivity index (χ4n) is 5.43. The van der Waals surface area contributed by atoms with E-state index in [9.17, 15) is 0 Å². The lowest BCUT2D eigenvalue weighted by atomic mass is 9.90. The van der Waals surface area contributed by atoms with E-state index in [1.54, 1.807) is 0 Å². The molecule has 1 heterocycles. The third-order valence-corrected chi connectivity index (χ3v) is 7.38. The highest BCUT2D eigenvalue weighted by Gasteiger charge is 2.20. The number of hydrogen-bond acceptors (Lipinski definition) is 2. The first kappa shape index (κ1) is 22.4. The molecule has 2 saturated carbocycles. The van der Waals surface area contributed by atoms with E-state index in [-0.39, 0.29) is 0 Å². The highest BCUT2D eigenvalue weighted by Crippen LogP contribution is 2.30. The van der Waals surface area contributed by atoms with Gasteiger partial charge in [-0.15, -0.1) is 0 Å². The SMILES string of the molecule is C=CC1=C(N=C(C)C2CCCCCCCC2)CNC(C2CCCCCCCC2)=C1. The van der Waals surface area contributed by atoms with Crippen LogP contribution < -0.4 is 5.32 Å². The fraction of sp³-hybridized carbons (Fsp3) is 0.741. The Balaban J connectivity index is 1.72. The third kappa shape index (κ3) is 7.15. The molecule has 1 N–H and O–H groups in total. The van der Waals surface area contributed by atoms with Crippen molar-refractivity contribution in [1.82, 2.24) is 5.32 Å². The van der Waals surface area contributed by atoms with Gasteiger partial charge >= 0.3 is 0 Å². The molecule has 2 aliphatic carbocycles. The van der Waals surface area contributed by atoms with E-state index in [0.29, 0.717) is 11.8 Å².